The molecule has 0 aliphatic heterocycles. The Hall–Kier alpha value is -1.97. The van der Waals surface area contributed by atoms with Gasteiger partial charge < -0.3 is 9.84 Å². The predicted molar refractivity (Wildman–Crippen MR) is 66.2 cm³/mol. The van der Waals surface area contributed by atoms with Crippen LogP contribution in [0.4, 0.5) is 0 Å². The van der Waals surface area contributed by atoms with Crippen LogP contribution in [0.25, 0.3) is 11.3 Å². The van der Waals surface area contributed by atoms with Gasteiger partial charge >= 0.3 is 0 Å². The molecule has 0 atom stereocenters. The number of benzene rings is 1. The van der Waals surface area contributed by atoms with E-state index in [9.17, 15) is 5.11 Å². The summed E-state index contributed by atoms with van der Waals surface area (Å²) in [6, 6.07) is 7.58. The molecule has 2 aromatic rings. The number of aromatic nitrogens is 2. The average Bonchev–Trinajstić information content (AvgIpc) is 2.58. The molecule has 2 rings (SSSR count). The van der Waals surface area contributed by atoms with Crippen LogP contribution in [0.2, 0.25) is 0 Å². The van der Waals surface area contributed by atoms with Crippen LogP contribution in [0, 0.1) is 6.92 Å². The third kappa shape index (κ3) is 1.98. The molecule has 17 heavy (non-hydrogen) atoms. The molecule has 0 radical (unpaired) electrons. The van der Waals surface area contributed by atoms with Crippen molar-refractivity contribution in [1.29, 1.82) is 0 Å². The normalized spacial score (nSPS) is 10.5. The molecular formula is C13H16N2O2. The van der Waals surface area contributed by atoms with Crippen LogP contribution < -0.4 is 4.74 Å². The van der Waals surface area contributed by atoms with E-state index in [1.165, 1.54) is 0 Å². The molecule has 90 valence electrons. The van der Waals surface area contributed by atoms with Crippen molar-refractivity contribution < 1.29 is 9.84 Å². The van der Waals surface area contributed by atoms with Crippen LogP contribution in [0.5, 0.6) is 11.5 Å². The van der Waals surface area contributed by atoms with Gasteiger partial charge in [-0.25, -0.2) is 0 Å². The van der Waals surface area contributed by atoms with Crippen LogP contribution in [-0.4, -0.2) is 21.5 Å². The fourth-order valence-corrected chi connectivity index (χ4v) is 1.72. The molecule has 0 spiro atoms. The van der Waals surface area contributed by atoms with Gasteiger partial charge in [0.2, 0.25) is 0 Å². The van der Waals surface area contributed by atoms with Crippen molar-refractivity contribution in [3.8, 4) is 22.8 Å². The first-order valence-electron chi connectivity index (χ1n) is 5.60. The number of aromatic hydroxyl groups is 1. The Morgan fingerprint density at radius 3 is 2.65 bits per heavy atom. The highest BCUT2D eigenvalue weighted by molar-refractivity contribution is 5.72. The third-order valence-corrected chi connectivity index (χ3v) is 2.74. The minimum Gasteiger partial charge on any atom is -0.504 e. The first-order valence-corrected chi connectivity index (χ1v) is 5.60. The monoisotopic (exact) mass is 232 g/mol. The number of rotatable bonds is 3. The molecular weight excluding hydrogens is 216 g/mol. The van der Waals surface area contributed by atoms with Crippen molar-refractivity contribution >= 4 is 0 Å². The Morgan fingerprint density at radius 2 is 2.06 bits per heavy atom. The van der Waals surface area contributed by atoms with Crippen molar-refractivity contribution in [2.24, 2.45) is 7.05 Å². The minimum absolute atomic E-state index is 0.208. The second-order valence-corrected chi connectivity index (χ2v) is 3.84. The van der Waals surface area contributed by atoms with Gasteiger partial charge in [-0.05, 0) is 26.0 Å². The zero-order valence-corrected chi connectivity index (χ0v) is 10.3. The second-order valence-electron chi connectivity index (χ2n) is 3.84. The lowest BCUT2D eigenvalue weighted by Crippen LogP contribution is -1.95. The van der Waals surface area contributed by atoms with E-state index in [1.54, 1.807) is 4.68 Å². The van der Waals surface area contributed by atoms with Gasteiger partial charge in [-0.1, -0.05) is 12.1 Å². The quantitative estimate of drug-likeness (QED) is 0.884. The lowest BCUT2D eigenvalue weighted by atomic mass is 10.1. The van der Waals surface area contributed by atoms with Gasteiger partial charge in [0.15, 0.2) is 5.75 Å². The SMILES string of the molecule is CCOc1ccccc1-c1nn(C)c(C)c1O. The van der Waals surface area contributed by atoms with E-state index in [0.717, 1.165) is 17.0 Å². The lowest BCUT2D eigenvalue weighted by Gasteiger charge is -2.07. The summed E-state index contributed by atoms with van der Waals surface area (Å²) in [5, 5.41) is 14.3. The van der Waals surface area contributed by atoms with Crippen LogP contribution >= 0.6 is 0 Å². The molecule has 4 nitrogen and oxygen atoms in total. The van der Waals surface area contributed by atoms with Crippen molar-refractivity contribution in [2.75, 3.05) is 6.61 Å². The summed E-state index contributed by atoms with van der Waals surface area (Å²) in [5.41, 5.74) is 2.12. The molecule has 1 N–H and O–H groups in total. The lowest BCUT2D eigenvalue weighted by molar-refractivity contribution is 0.341. The van der Waals surface area contributed by atoms with E-state index in [0.29, 0.717) is 12.3 Å². The number of ether oxygens (including phenoxy) is 1. The zero-order valence-electron chi connectivity index (χ0n) is 10.3. The highest BCUT2D eigenvalue weighted by Crippen LogP contribution is 2.36. The topological polar surface area (TPSA) is 47.3 Å². The van der Waals surface area contributed by atoms with Gasteiger partial charge in [-0.15, -0.1) is 0 Å². The maximum atomic E-state index is 10.0. The van der Waals surface area contributed by atoms with Gasteiger partial charge in [-0.2, -0.15) is 5.10 Å². The fraction of sp³-hybridized carbons (Fsp3) is 0.308. The summed E-state index contributed by atoms with van der Waals surface area (Å²) >= 11 is 0. The Bertz CT molecular complexity index is 532. The molecule has 1 aromatic carbocycles. The largest absolute Gasteiger partial charge is 0.504 e. The second kappa shape index (κ2) is 4.49. The Kier molecular flexibility index (Phi) is 3.04. The molecule has 0 fully saturated rings. The summed E-state index contributed by atoms with van der Waals surface area (Å²) in [4.78, 5) is 0. The molecule has 0 aliphatic rings. The number of nitrogens with zero attached hydrogens (tertiary/aromatic N) is 2. The smallest absolute Gasteiger partial charge is 0.164 e. The number of hydrogen-bond acceptors (Lipinski definition) is 3. The molecule has 0 saturated heterocycles. The van der Waals surface area contributed by atoms with E-state index in [2.05, 4.69) is 5.10 Å². The Labute approximate surface area is 100 Å². The van der Waals surface area contributed by atoms with Gasteiger partial charge in [0.05, 0.1) is 12.3 Å². The molecule has 1 aromatic heterocycles. The summed E-state index contributed by atoms with van der Waals surface area (Å²) in [5.74, 6) is 0.947. The van der Waals surface area contributed by atoms with E-state index in [1.807, 2.05) is 45.2 Å². The third-order valence-electron chi connectivity index (χ3n) is 2.74. The minimum atomic E-state index is 0.208. The molecule has 0 bridgehead atoms. The van der Waals surface area contributed by atoms with Crippen molar-refractivity contribution in [1.82, 2.24) is 9.78 Å². The number of hydrogen-bond donors (Lipinski definition) is 1. The van der Waals surface area contributed by atoms with Gasteiger partial charge in [0, 0.05) is 12.6 Å². The van der Waals surface area contributed by atoms with Crippen molar-refractivity contribution in [3.05, 3.63) is 30.0 Å². The van der Waals surface area contributed by atoms with Gasteiger partial charge in [0.25, 0.3) is 0 Å². The predicted octanol–water partition coefficient (Wildman–Crippen LogP) is 2.50. The van der Waals surface area contributed by atoms with E-state index >= 15 is 0 Å². The van der Waals surface area contributed by atoms with E-state index < -0.39 is 0 Å². The Balaban J connectivity index is 2.56. The van der Waals surface area contributed by atoms with Crippen LogP contribution in [0.15, 0.2) is 24.3 Å². The van der Waals surface area contributed by atoms with Crippen LogP contribution in [-0.2, 0) is 7.05 Å². The molecule has 1 heterocycles. The summed E-state index contributed by atoms with van der Waals surface area (Å²) < 4.78 is 7.20. The Morgan fingerprint density at radius 1 is 1.35 bits per heavy atom. The summed E-state index contributed by atoms with van der Waals surface area (Å²) in [6.07, 6.45) is 0. The first kappa shape index (κ1) is 11.5. The molecule has 4 heteroatoms. The zero-order chi connectivity index (χ0) is 12.4. The molecule has 0 amide bonds. The van der Waals surface area contributed by atoms with Gasteiger partial charge in [0.1, 0.15) is 11.4 Å². The molecule has 0 saturated carbocycles. The van der Waals surface area contributed by atoms with Gasteiger partial charge in [-0.3, -0.25) is 4.68 Å². The summed E-state index contributed by atoms with van der Waals surface area (Å²) in [7, 11) is 1.81. The fourth-order valence-electron chi connectivity index (χ4n) is 1.72. The number of aryl methyl sites for hydroxylation is 1. The van der Waals surface area contributed by atoms with Crippen LogP contribution in [0.3, 0.4) is 0 Å². The maximum absolute atomic E-state index is 10.0. The molecule has 0 aliphatic carbocycles. The maximum Gasteiger partial charge on any atom is 0.164 e. The summed E-state index contributed by atoms with van der Waals surface area (Å²) in [6.45, 7) is 4.35. The van der Waals surface area contributed by atoms with E-state index in [4.69, 9.17) is 4.74 Å². The highest BCUT2D eigenvalue weighted by Gasteiger charge is 2.16. The number of para-hydroxylation sites is 1. The molecule has 0 unspecified atom stereocenters. The van der Waals surface area contributed by atoms with Crippen molar-refractivity contribution in [2.45, 2.75) is 13.8 Å². The highest BCUT2D eigenvalue weighted by atomic mass is 16.5. The van der Waals surface area contributed by atoms with Crippen molar-refractivity contribution in [3.63, 3.8) is 0 Å². The van der Waals surface area contributed by atoms with Crippen LogP contribution in [0.1, 0.15) is 12.6 Å². The average molecular weight is 232 g/mol. The standard InChI is InChI=1S/C13H16N2O2/c1-4-17-11-8-6-5-7-10(11)12-13(16)9(2)15(3)14-12/h5-8,16H,4H2,1-3H3. The van der Waals surface area contributed by atoms with E-state index in [-0.39, 0.29) is 5.75 Å². The first-order chi connectivity index (χ1) is 8.15.